The van der Waals surface area contributed by atoms with E-state index in [-0.39, 0.29) is 0 Å². The fourth-order valence-corrected chi connectivity index (χ4v) is 11.4. The zero-order valence-electron chi connectivity index (χ0n) is 27.7. The number of benzene rings is 8. The summed E-state index contributed by atoms with van der Waals surface area (Å²) >= 11 is 1.88. The van der Waals surface area contributed by atoms with E-state index in [2.05, 4.69) is 182 Å². The van der Waals surface area contributed by atoms with Gasteiger partial charge in [0.05, 0.1) is 10.8 Å². The van der Waals surface area contributed by atoms with Crippen LogP contribution in [0, 0.1) is 0 Å². The van der Waals surface area contributed by atoms with Crippen molar-refractivity contribution in [2.45, 2.75) is 10.8 Å². The van der Waals surface area contributed by atoms with E-state index in [1.807, 2.05) is 11.3 Å². The number of rotatable bonds is 2. The first-order valence-corrected chi connectivity index (χ1v) is 18.7. The second-order valence-corrected chi connectivity index (χ2v) is 15.4. The fourth-order valence-electron chi connectivity index (χ4n) is 10.3. The Hall–Kier alpha value is -6.02. The minimum Gasteiger partial charge on any atom is -0.135 e. The molecule has 1 aromatic heterocycles. The van der Waals surface area contributed by atoms with E-state index >= 15 is 0 Å². The number of thiophene rings is 1. The van der Waals surface area contributed by atoms with E-state index in [0.29, 0.717) is 0 Å². The van der Waals surface area contributed by atoms with Gasteiger partial charge in [0, 0.05) is 20.2 Å². The fraction of sp³-hybridized carbons (Fsp3) is 0.0400. The molecular formula is C50H30S. The van der Waals surface area contributed by atoms with E-state index in [0.717, 1.165) is 0 Å². The second-order valence-electron chi connectivity index (χ2n) is 14.3. The molecule has 12 rings (SSSR count). The Kier molecular flexibility index (Phi) is 5.34. The molecule has 51 heavy (non-hydrogen) atoms. The van der Waals surface area contributed by atoms with Crippen LogP contribution in [-0.4, -0.2) is 0 Å². The molecule has 1 heterocycles. The van der Waals surface area contributed by atoms with Crippen LogP contribution in [0.2, 0.25) is 0 Å². The summed E-state index contributed by atoms with van der Waals surface area (Å²) in [6.07, 6.45) is 0. The maximum atomic E-state index is 2.53. The average Bonchev–Trinajstić information content (AvgIpc) is 3.83. The molecule has 0 saturated carbocycles. The Morgan fingerprint density at radius 2 is 0.863 bits per heavy atom. The number of hydrogen-bond donors (Lipinski definition) is 0. The van der Waals surface area contributed by atoms with Crippen molar-refractivity contribution >= 4 is 31.5 Å². The summed E-state index contributed by atoms with van der Waals surface area (Å²) in [4.78, 5) is 0. The predicted octanol–water partition coefficient (Wildman–Crippen LogP) is 12.8. The zero-order valence-corrected chi connectivity index (χ0v) is 28.5. The van der Waals surface area contributed by atoms with Crippen molar-refractivity contribution in [3.8, 4) is 33.4 Å². The highest BCUT2D eigenvalue weighted by molar-refractivity contribution is 7.25. The van der Waals surface area contributed by atoms with Gasteiger partial charge >= 0.3 is 0 Å². The Morgan fingerprint density at radius 3 is 1.69 bits per heavy atom. The Bertz CT molecular complexity index is 2930. The van der Waals surface area contributed by atoms with Crippen LogP contribution in [0.1, 0.15) is 44.5 Å². The monoisotopic (exact) mass is 662 g/mol. The molecule has 236 valence electrons. The lowest BCUT2D eigenvalue weighted by Gasteiger charge is -2.48. The molecule has 1 spiro atoms. The summed E-state index contributed by atoms with van der Waals surface area (Å²) in [7, 11) is 0. The SMILES string of the molecule is c1ccc(C23c4ccccc4-c4cccc(c42)C2(c4ccccc4-c4ccc(-c5ccc6sc7ccccc7c6c5)cc42)c2ccccc23)cc1. The van der Waals surface area contributed by atoms with Gasteiger partial charge in [-0.25, -0.2) is 0 Å². The summed E-state index contributed by atoms with van der Waals surface area (Å²) in [5.74, 6) is 0. The first-order chi connectivity index (χ1) is 25.3. The maximum Gasteiger partial charge on any atom is 0.0720 e. The summed E-state index contributed by atoms with van der Waals surface area (Å²) in [5, 5.41) is 2.67. The van der Waals surface area contributed by atoms with Gasteiger partial charge in [-0.1, -0.05) is 158 Å². The first kappa shape index (κ1) is 27.8. The highest BCUT2D eigenvalue weighted by Gasteiger charge is 2.59. The molecule has 0 nitrogen and oxygen atoms in total. The number of hydrogen-bond acceptors (Lipinski definition) is 1. The molecular weight excluding hydrogens is 633 g/mol. The Labute approximate surface area is 300 Å². The molecule has 2 atom stereocenters. The van der Waals surface area contributed by atoms with E-state index in [1.54, 1.807) is 0 Å². The van der Waals surface area contributed by atoms with Crippen LogP contribution < -0.4 is 0 Å². The van der Waals surface area contributed by atoms with E-state index in [9.17, 15) is 0 Å². The van der Waals surface area contributed by atoms with Crippen molar-refractivity contribution in [2.24, 2.45) is 0 Å². The molecule has 2 unspecified atom stereocenters. The van der Waals surface area contributed by atoms with Gasteiger partial charge in [-0.15, -0.1) is 11.3 Å². The smallest absolute Gasteiger partial charge is 0.0720 e. The van der Waals surface area contributed by atoms with Gasteiger partial charge in [0.1, 0.15) is 0 Å². The van der Waals surface area contributed by atoms with E-state index in [1.165, 1.54) is 98.1 Å². The summed E-state index contributed by atoms with van der Waals surface area (Å²) in [6, 6.07) is 69.2. The largest absolute Gasteiger partial charge is 0.135 e. The molecule has 9 aromatic rings. The molecule has 0 saturated heterocycles. The zero-order chi connectivity index (χ0) is 33.3. The third-order valence-corrected chi connectivity index (χ3v) is 13.3. The predicted molar refractivity (Wildman–Crippen MR) is 213 cm³/mol. The summed E-state index contributed by atoms with van der Waals surface area (Å²) in [5.41, 5.74) is 17.9. The molecule has 8 aromatic carbocycles. The number of fused-ring (bicyclic) bond motifs is 15. The van der Waals surface area contributed by atoms with Crippen molar-refractivity contribution in [3.05, 3.63) is 226 Å². The topological polar surface area (TPSA) is 0 Å². The van der Waals surface area contributed by atoms with Gasteiger partial charge in [-0.3, -0.25) is 0 Å². The minimum atomic E-state index is -0.483. The quantitative estimate of drug-likeness (QED) is 0.173. The van der Waals surface area contributed by atoms with Crippen LogP contribution in [0.4, 0.5) is 0 Å². The van der Waals surface area contributed by atoms with Crippen molar-refractivity contribution < 1.29 is 0 Å². The lowest BCUT2D eigenvalue weighted by molar-refractivity contribution is 0.636. The third-order valence-electron chi connectivity index (χ3n) is 12.2. The molecule has 0 bridgehead atoms. The van der Waals surface area contributed by atoms with Gasteiger partial charge in [0.15, 0.2) is 0 Å². The molecule has 1 heteroatoms. The van der Waals surface area contributed by atoms with Crippen LogP contribution in [0.5, 0.6) is 0 Å². The van der Waals surface area contributed by atoms with Gasteiger partial charge in [-0.2, -0.15) is 0 Å². The van der Waals surface area contributed by atoms with Crippen molar-refractivity contribution in [1.82, 2.24) is 0 Å². The normalized spacial score (nSPS) is 18.7. The minimum absolute atomic E-state index is 0.425. The van der Waals surface area contributed by atoms with Crippen molar-refractivity contribution in [2.75, 3.05) is 0 Å². The molecule has 0 fully saturated rings. The molecule has 0 N–H and O–H groups in total. The Morgan fingerprint density at radius 1 is 0.314 bits per heavy atom. The Balaban J connectivity index is 1.22. The van der Waals surface area contributed by atoms with Gasteiger partial charge in [0.2, 0.25) is 0 Å². The lowest BCUT2D eigenvalue weighted by atomic mass is 9.52. The maximum absolute atomic E-state index is 2.53. The summed E-state index contributed by atoms with van der Waals surface area (Å²) < 4.78 is 2.68. The lowest BCUT2D eigenvalue weighted by Crippen LogP contribution is -2.43. The first-order valence-electron chi connectivity index (χ1n) is 17.8. The van der Waals surface area contributed by atoms with Crippen LogP contribution in [0.25, 0.3) is 53.6 Å². The molecule has 0 aliphatic heterocycles. The molecule has 0 amide bonds. The van der Waals surface area contributed by atoms with Crippen LogP contribution in [0.3, 0.4) is 0 Å². The van der Waals surface area contributed by atoms with Gasteiger partial charge < -0.3 is 0 Å². The highest BCUT2D eigenvalue weighted by atomic mass is 32.1. The van der Waals surface area contributed by atoms with Gasteiger partial charge in [0.25, 0.3) is 0 Å². The second kappa shape index (κ2) is 9.82. The third kappa shape index (κ3) is 3.27. The van der Waals surface area contributed by atoms with E-state index < -0.39 is 10.8 Å². The highest BCUT2D eigenvalue weighted by Crippen LogP contribution is 2.68. The van der Waals surface area contributed by atoms with Crippen molar-refractivity contribution in [3.63, 3.8) is 0 Å². The van der Waals surface area contributed by atoms with E-state index in [4.69, 9.17) is 0 Å². The molecule has 3 aliphatic rings. The summed E-state index contributed by atoms with van der Waals surface area (Å²) in [6.45, 7) is 0. The standard InChI is InChI=1S/C50H30S/c1-2-13-33(14-3-1)49-40-19-7-5-16-35(40)38-18-12-23-44(48(38)49)50(43-22-10-9-21-42(43)49)41-20-8-4-15-34(41)36-27-25-32(30-45(36)50)31-26-28-47-39(29-31)37-17-6-11-24-46(37)51-47/h1-30H. The van der Waals surface area contributed by atoms with Crippen LogP contribution in [0.15, 0.2) is 182 Å². The molecule has 3 aliphatic carbocycles. The van der Waals surface area contributed by atoms with Crippen molar-refractivity contribution in [1.29, 1.82) is 0 Å². The average molecular weight is 663 g/mol. The van der Waals surface area contributed by atoms with Crippen LogP contribution in [-0.2, 0) is 10.8 Å². The van der Waals surface area contributed by atoms with Gasteiger partial charge in [-0.05, 0) is 102 Å². The molecule has 0 radical (unpaired) electrons. The van der Waals surface area contributed by atoms with Crippen LogP contribution >= 0.6 is 11.3 Å².